The molecule has 3 rings (SSSR count). The van der Waals surface area contributed by atoms with E-state index in [1.54, 1.807) is 16.3 Å². The summed E-state index contributed by atoms with van der Waals surface area (Å²) in [5.74, 6) is 0.590. The number of likely N-dealkylation sites (N-methyl/N-ethyl adjacent to an activating group) is 1. The maximum Gasteiger partial charge on any atom is 0.260 e. The Hall–Kier alpha value is -1.86. The van der Waals surface area contributed by atoms with Crippen molar-refractivity contribution in [1.82, 2.24) is 9.21 Å². The van der Waals surface area contributed by atoms with Gasteiger partial charge in [0, 0.05) is 25.7 Å². The van der Waals surface area contributed by atoms with Crippen LogP contribution in [0.2, 0.25) is 0 Å². The molecule has 1 amide bonds. The van der Waals surface area contributed by atoms with Gasteiger partial charge < -0.3 is 9.64 Å². The first-order valence-electron chi connectivity index (χ1n) is 8.96. The Morgan fingerprint density at radius 2 is 1.92 bits per heavy atom. The van der Waals surface area contributed by atoms with Gasteiger partial charge in [-0.2, -0.15) is 4.31 Å². The number of para-hydroxylation sites is 1. The van der Waals surface area contributed by atoms with Crippen LogP contribution in [-0.2, 0) is 21.2 Å². The van der Waals surface area contributed by atoms with Gasteiger partial charge in [0.25, 0.3) is 5.91 Å². The van der Waals surface area contributed by atoms with Gasteiger partial charge in [-0.15, -0.1) is 0 Å². The molecule has 0 radical (unpaired) electrons. The Labute approximate surface area is 155 Å². The van der Waals surface area contributed by atoms with Gasteiger partial charge in [0.15, 0.2) is 6.61 Å². The molecule has 2 atom stereocenters. The van der Waals surface area contributed by atoms with Gasteiger partial charge in [-0.3, -0.25) is 4.79 Å². The highest BCUT2D eigenvalue weighted by atomic mass is 32.2. The van der Waals surface area contributed by atoms with E-state index in [1.807, 2.05) is 30.3 Å². The molecule has 2 aliphatic heterocycles. The molecule has 1 fully saturated rings. The van der Waals surface area contributed by atoms with Crippen molar-refractivity contribution in [2.75, 3.05) is 26.5 Å². The monoisotopic (exact) mass is 378 g/mol. The first-order chi connectivity index (χ1) is 12.4. The third-order valence-corrected chi connectivity index (χ3v) is 6.52. The van der Waals surface area contributed by atoms with Crippen LogP contribution in [0.15, 0.2) is 36.4 Å². The smallest absolute Gasteiger partial charge is 0.260 e. The number of carbonyl (C=O) groups is 1. The second-order valence-electron chi connectivity index (χ2n) is 6.96. The molecule has 1 aromatic carbocycles. The quantitative estimate of drug-likeness (QED) is 0.699. The molecule has 6 nitrogen and oxygen atoms in total. The lowest BCUT2D eigenvalue weighted by molar-refractivity contribution is -0.136. The first-order valence-corrected chi connectivity index (χ1v) is 10.8. The lowest BCUT2D eigenvalue weighted by atomic mass is 9.94. The van der Waals surface area contributed by atoms with Crippen LogP contribution in [0.5, 0.6) is 5.75 Å². The van der Waals surface area contributed by atoms with Gasteiger partial charge in [0.05, 0.1) is 6.26 Å². The van der Waals surface area contributed by atoms with E-state index in [0.29, 0.717) is 19.4 Å². The largest absolute Gasteiger partial charge is 0.483 e. The number of rotatable bonds is 1. The molecule has 2 aliphatic rings. The number of nitrogens with zero attached hydrogens (tertiary/aromatic N) is 2. The highest BCUT2D eigenvalue weighted by molar-refractivity contribution is 7.88. The molecule has 7 heteroatoms. The number of amides is 1. The molecular weight excluding hydrogens is 352 g/mol. The molecule has 142 valence electrons. The summed E-state index contributed by atoms with van der Waals surface area (Å²) in [5.41, 5.74) is 1.01. The Morgan fingerprint density at radius 3 is 2.69 bits per heavy atom. The van der Waals surface area contributed by atoms with Gasteiger partial charge in [-0.25, -0.2) is 8.42 Å². The van der Waals surface area contributed by atoms with Crippen LogP contribution < -0.4 is 4.74 Å². The molecular formula is C19H26N2O4S. The highest BCUT2D eigenvalue weighted by Crippen LogP contribution is 2.28. The summed E-state index contributed by atoms with van der Waals surface area (Å²) in [6.07, 6.45) is 8.16. The highest BCUT2D eigenvalue weighted by Gasteiger charge is 2.39. The van der Waals surface area contributed by atoms with Crippen molar-refractivity contribution in [3.63, 3.8) is 0 Å². The van der Waals surface area contributed by atoms with Gasteiger partial charge >= 0.3 is 0 Å². The van der Waals surface area contributed by atoms with E-state index in [-0.39, 0.29) is 24.6 Å². The summed E-state index contributed by atoms with van der Waals surface area (Å²) in [7, 11) is -1.57. The molecule has 0 aromatic heterocycles. The number of benzene rings is 1. The minimum absolute atomic E-state index is 0.0423. The number of piperidine rings is 1. The van der Waals surface area contributed by atoms with Crippen LogP contribution in [0.1, 0.15) is 24.8 Å². The van der Waals surface area contributed by atoms with Crippen molar-refractivity contribution in [1.29, 1.82) is 0 Å². The SMILES string of the molecule is CN1C(=O)COc2ccccc2C/C=C/C[C@@H]2[C@H]1CCCN2S(C)(=O)=O. The molecule has 1 saturated heterocycles. The molecule has 0 bridgehead atoms. The lowest BCUT2D eigenvalue weighted by Gasteiger charge is -2.43. The summed E-state index contributed by atoms with van der Waals surface area (Å²) >= 11 is 0. The third-order valence-electron chi connectivity index (χ3n) is 5.22. The van der Waals surface area contributed by atoms with Gasteiger partial charge in [-0.1, -0.05) is 30.4 Å². The Balaban J connectivity index is 1.93. The van der Waals surface area contributed by atoms with Crippen molar-refractivity contribution < 1.29 is 17.9 Å². The minimum atomic E-state index is -3.32. The van der Waals surface area contributed by atoms with E-state index in [9.17, 15) is 13.2 Å². The topological polar surface area (TPSA) is 66.9 Å². The number of carbonyl (C=O) groups excluding carboxylic acids is 1. The summed E-state index contributed by atoms with van der Waals surface area (Å²) < 4.78 is 31.8. The number of ether oxygens (including phenoxy) is 1. The predicted molar refractivity (Wildman–Crippen MR) is 101 cm³/mol. The zero-order valence-corrected chi connectivity index (χ0v) is 16.1. The number of sulfonamides is 1. The number of fused-ring (bicyclic) bond motifs is 2. The summed E-state index contributed by atoms with van der Waals surface area (Å²) in [6, 6.07) is 7.30. The maximum absolute atomic E-state index is 12.7. The number of hydrogen-bond acceptors (Lipinski definition) is 4. The summed E-state index contributed by atoms with van der Waals surface area (Å²) in [4.78, 5) is 14.3. The molecule has 1 aromatic rings. The molecule has 0 unspecified atom stereocenters. The van der Waals surface area contributed by atoms with E-state index in [1.165, 1.54) is 6.26 Å². The average Bonchev–Trinajstić information content (AvgIpc) is 2.61. The Morgan fingerprint density at radius 1 is 1.15 bits per heavy atom. The normalized spacial score (nSPS) is 26.7. The van der Waals surface area contributed by atoms with E-state index in [0.717, 1.165) is 24.2 Å². The Bertz CT molecular complexity index is 790. The fourth-order valence-corrected chi connectivity index (χ4v) is 5.01. The Kier molecular flexibility index (Phi) is 5.67. The average molecular weight is 378 g/mol. The van der Waals surface area contributed by atoms with Crippen molar-refractivity contribution in [3.8, 4) is 5.75 Å². The summed E-state index contributed by atoms with van der Waals surface area (Å²) in [6.45, 7) is 0.467. The van der Waals surface area contributed by atoms with E-state index < -0.39 is 10.0 Å². The van der Waals surface area contributed by atoms with Crippen molar-refractivity contribution >= 4 is 15.9 Å². The minimum Gasteiger partial charge on any atom is -0.483 e. The van der Waals surface area contributed by atoms with Gasteiger partial charge in [0.1, 0.15) is 5.75 Å². The molecule has 0 N–H and O–H groups in total. The van der Waals surface area contributed by atoms with Crippen LogP contribution >= 0.6 is 0 Å². The van der Waals surface area contributed by atoms with Crippen LogP contribution in [-0.4, -0.2) is 62.1 Å². The van der Waals surface area contributed by atoms with Crippen molar-refractivity contribution in [3.05, 3.63) is 42.0 Å². The first kappa shape index (κ1) is 18.9. The van der Waals surface area contributed by atoms with Gasteiger partial charge in [0.2, 0.25) is 10.0 Å². The number of hydrogen-bond donors (Lipinski definition) is 0. The van der Waals surface area contributed by atoms with Crippen LogP contribution in [0.4, 0.5) is 0 Å². The molecule has 0 saturated carbocycles. The van der Waals surface area contributed by atoms with E-state index in [4.69, 9.17) is 4.74 Å². The van der Waals surface area contributed by atoms with Crippen LogP contribution in [0, 0.1) is 0 Å². The standard InChI is InChI=1S/C19H26N2O4S/c1-20-16-11-7-13-21(26(2,23)24)17(16)10-5-3-8-15-9-4-6-12-18(15)25-14-19(20)22/h3-6,9,12,16-17H,7-8,10-11,13-14H2,1-2H3/b5-3+/t16-,17-/m1/s1. The molecule has 0 aliphatic carbocycles. The van der Waals surface area contributed by atoms with Crippen molar-refractivity contribution in [2.45, 2.75) is 37.8 Å². The number of allylic oxidation sites excluding steroid dienone is 1. The zero-order chi connectivity index (χ0) is 18.7. The van der Waals surface area contributed by atoms with E-state index in [2.05, 4.69) is 6.08 Å². The molecule has 26 heavy (non-hydrogen) atoms. The maximum atomic E-state index is 12.7. The zero-order valence-electron chi connectivity index (χ0n) is 15.3. The van der Waals surface area contributed by atoms with Crippen molar-refractivity contribution in [2.24, 2.45) is 0 Å². The molecule has 0 spiro atoms. The van der Waals surface area contributed by atoms with Gasteiger partial charge in [-0.05, 0) is 37.3 Å². The van der Waals surface area contributed by atoms with Crippen LogP contribution in [0.25, 0.3) is 0 Å². The second kappa shape index (κ2) is 7.80. The third kappa shape index (κ3) is 4.10. The molecule has 2 heterocycles. The predicted octanol–water partition coefficient (Wildman–Crippen LogP) is 1.82. The second-order valence-corrected chi connectivity index (χ2v) is 8.90. The van der Waals surface area contributed by atoms with Crippen LogP contribution in [0.3, 0.4) is 0 Å². The fraction of sp³-hybridized carbons (Fsp3) is 0.526. The fourth-order valence-electron chi connectivity index (χ4n) is 3.83. The lowest BCUT2D eigenvalue weighted by Crippen LogP contribution is -2.57. The summed E-state index contributed by atoms with van der Waals surface area (Å²) in [5, 5.41) is 0. The van der Waals surface area contributed by atoms with E-state index >= 15 is 0 Å².